The molecule has 0 aliphatic heterocycles. The van der Waals surface area contributed by atoms with Crippen LogP contribution in [0.25, 0.3) is 0 Å². The predicted octanol–water partition coefficient (Wildman–Crippen LogP) is 5.09. The van der Waals surface area contributed by atoms with Crippen LogP contribution >= 0.6 is 0 Å². The molecule has 0 radical (unpaired) electrons. The fourth-order valence-corrected chi connectivity index (χ4v) is 3.74. The summed E-state index contributed by atoms with van der Waals surface area (Å²) in [5, 5.41) is 0. The van der Waals surface area contributed by atoms with Crippen molar-refractivity contribution in [1.82, 2.24) is 4.98 Å². The largest absolute Gasteiger partial charge is 0.364 e. The zero-order valence-electron chi connectivity index (χ0n) is 12.9. The van der Waals surface area contributed by atoms with E-state index in [9.17, 15) is 0 Å². The van der Waals surface area contributed by atoms with E-state index in [4.69, 9.17) is 0 Å². The molecule has 112 valence electrons. The first-order valence-electron chi connectivity index (χ1n) is 8.02. The number of hydrogen-bond acceptors (Lipinski definition) is 0. The molecule has 0 unspecified atom stereocenters. The monoisotopic (exact) mass is 297 g/mol. The lowest BCUT2D eigenvalue weighted by Crippen LogP contribution is -2.36. The molecule has 1 aliphatic rings. The van der Waals surface area contributed by atoms with Crippen molar-refractivity contribution in [2.45, 2.75) is 5.41 Å². The molecular formula is C22H19N. The summed E-state index contributed by atoms with van der Waals surface area (Å²) in [6, 6.07) is 25.8. The number of aromatic amines is 1. The van der Waals surface area contributed by atoms with Crippen LogP contribution in [0.3, 0.4) is 0 Å². The van der Waals surface area contributed by atoms with Crippen molar-refractivity contribution in [3.63, 3.8) is 0 Å². The molecule has 2 aromatic carbocycles. The summed E-state index contributed by atoms with van der Waals surface area (Å²) >= 11 is 0. The molecule has 1 nitrogen and oxygen atoms in total. The van der Waals surface area contributed by atoms with Crippen molar-refractivity contribution in [2.75, 3.05) is 0 Å². The molecule has 1 heterocycles. The van der Waals surface area contributed by atoms with Gasteiger partial charge >= 0.3 is 0 Å². The van der Waals surface area contributed by atoms with Gasteiger partial charge in [0.25, 0.3) is 0 Å². The number of aromatic nitrogens is 1. The van der Waals surface area contributed by atoms with Crippen molar-refractivity contribution in [1.29, 1.82) is 0 Å². The van der Waals surface area contributed by atoms with Crippen molar-refractivity contribution >= 4 is 0 Å². The third-order valence-electron chi connectivity index (χ3n) is 4.73. The molecule has 0 saturated heterocycles. The van der Waals surface area contributed by atoms with Gasteiger partial charge in [-0.1, -0.05) is 85.0 Å². The van der Waals surface area contributed by atoms with Crippen LogP contribution in [-0.4, -0.2) is 4.98 Å². The third kappa shape index (κ3) is 2.17. The van der Waals surface area contributed by atoms with Crippen molar-refractivity contribution < 1.29 is 0 Å². The van der Waals surface area contributed by atoms with Crippen LogP contribution in [0.4, 0.5) is 0 Å². The molecule has 0 saturated carbocycles. The Kier molecular flexibility index (Phi) is 3.47. The molecule has 1 N–H and O–H groups in total. The van der Waals surface area contributed by atoms with E-state index in [1.807, 2.05) is 6.20 Å². The highest BCUT2D eigenvalue weighted by Gasteiger charge is 2.42. The topological polar surface area (TPSA) is 15.8 Å². The van der Waals surface area contributed by atoms with E-state index >= 15 is 0 Å². The van der Waals surface area contributed by atoms with Gasteiger partial charge in [-0.2, -0.15) is 0 Å². The van der Waals surface area contributed by atoms with E-state index in [0.717, 1.165) is 0 Å². The zero-order chi connectivity index (χ0) is 15.5. The molecular weight excluding hydrogens is 278 g/mol. The Hall–Kier alpha value is -2.80. The van der Waals surface area contributed by atoms with Gasteiger partial charge in [-0.05, 0) is 23.3 Å². The minimum absolute atomic E-state index is 0.241. The highest BCUT2D eigenvalue weighted by Crippen LogP contribution is 2.46. The van der Waals surface area contributed by atoms with Gasteiger partial charge in [0.05, 0.1) is 5.41 Å². The lowest BCUT2D eigenvalue weighted by molar-refractivity contribution is 0.515. The molecule has 3 aromatic rings. The fraction of sp³-hybridized carbons (Fsp3) is 0.0909. The molecule has 0 amide bonds. The summed E-state index contributed by atoms with van der Waals surface area (Å²) in [7, 11) is 0. The lowest BCUT2D eigenvalue weighted by atomic mass is 9.64. The maximum atomic E-state index is 3.48. The summed E-state index contributed by atoms with van der Waals surface area (Å²) in [6.07, 6.45) is 10.9. The standard InChI is InChI=1S/C22H19N/c1-3-10-18(11-4-1)22(20-14-7-8-15-20,21-16-9-17-23-21)19-12-5-2-6-13-19/h1-17,20,23H. The number of nitrogens with one attached hydrogen (secondary N) is 1. The average Bonchev–Trinajstić information content (AvgIpc) is 3.32. The number of rotatable bonds is 4. The number of allylic oxidation sites excluding steroid dienone is 4. The normalized spacial score (nSPS) is 14.4. The first kappa shape index (κ1) is 13.8. The molecule has 1 aromatic heterocycles. The van der Waals surface area contributed by atoms with Crippen LogP contribution in [0.5, 0.6) is 0 Å². The minimum atomic E-state index is -0.241. The molecule has 0 spiro atoms. The van der Waals surface area contributed by atoms with Gasteiger partial charge in [0, 0.05) is 17.8 Å². The second kappa shape index (κ2) is 5.77. The summed E-state index contributed by atoms with van der Waals surface area (Å²) < 4.78 is 0. The lowest BCUT2D eigenvalue weighted by Gasteiger charge is -2.38. The van der Waals surface area contributed by atoms with Crippen LogP contribution in [-0.2, 0) is 5.41 Å². The van der Waals surface area contributed by atoms with E-state index < -0.39 is 0 Å². The first-order chi connectivity index (χ1) is 11.4. The van der Waals surface area contributed by atoms with Crippen molar-refractivity contribution in [3.05, 3.63) is 120 Å². The summed E-state index contributed by atoms with van der Waals surface area (Å²) in [5.41, 5.74) is 3.58. The number of hydrogen-bond donors (Lipinski definition) is 1. The summed E-state index contributed by atoms with van der Waals surface area (Å²) in [5.74, 6) is 0.283. The van der Waals surface area contributed by atoms with E-state index in [1.165, 1.54) is 16.8 Å². The van der Waals surface area contributed by atoms with Gasteiger partial charge in [-0.25, -0.2) is 0 Å². The third-order valence-corrected chi connectivity index (χ3v) is 4.73. The quantitative estimate of drug-likeness (QED) is 0.690. The Labute approximate surface area is 137 Å². The number of H-pyrrole nitrogens is 1. The van der Waals surface area contributed by atoms with E-state index in [-0.39, 0.29) is 11.3 Å². The van der Waals surface area contributed by atoms with Crippen LogP contribution < -0.4 is 0 Å². The molecule has 0 fully saturated rings. The molecule has 4 rings (SSSR count). The molecule has 0 bridgehead atoms. The molecule has 1 heteroatoms. The average molecular weight is 297 g/mol. The Morgan fingerprint density at radius 1 is 0.652 bits per heavy atom. The Morgan fingerprint density at radius 3 is 1.70 bits per heavy atom. The fourth-order valence-electron chi connectivity index (χ4n) is 3.74. The van der Waals surface area contributed by atoms with Crippen LogP contribution in [0, 0.1) is 5.92 Å². The van der Waals surface area contributed by atoms with Crippen LogP contribution in [0.15, 0.2) is 103 Å². The molecule has 1 aliphatic carbocycles. The first-order valence-corrected chi connectivity index (χ1v) is 8.02. The van der Waals surface area contributed by atoms with Crippen LogP contribution in [0.2, 0.25) is 0 Å². The van der Waals surface area contributed by atoms with E-state index in [0.29, 0.717) is 0 Å². The second-order valence-electron chi connectivity index (χ2n) is 5.92. The Balaban J connectivity index is 2.06. The van der Waals surface area contributed by atoms with Gasteiger partial charge < -0.3 is 4.98 Å². The highest BCUT2D eigenvalue weighted by atomic mass is 14.7. The minimum Gasteiger partial charge on any atom is -0.364 e. The van der Waals surface area contributed by atoms with E-state index in [2.05, 4.69) is 102 Å². The highest BCUT2D eigenvalue weighted by molar-refractivity contribution is 5.52. The smallest absolute Gasteiger partial charge is 0.0698 e. The van der Waals surface area contributed by atoms with Crippen molar-refractivity contribution in [3.8, 4) is 0 Å². The SMILES string of the molecule is C1=CC(C(c2ccccc2)(c2ccccc2)c2ccc[nH]2)C=C1. The van der Waals surface area contributed by atoms with Gasteiger partial charge in [0.15, 0.2) is 0 Å². The predicted molar refractivity (Wildman–Crippen MR) is 95.3 cm³/mol. The van der Waals surface area contributed by atoms with Crippen LogP contribution in [0.1, 0.15) is 16.8 Å². The summed E-state index contributed by atoms with van der Waals surface area (Å²) in [4.78, 5) is 3.48. The Bertz CT molecular complexity index is 759. The van der Waals surface area contributed by atoms with Gasteiger partial charge in [-0.3, -0.25) is 0 Å². The molecule has 0 atom stereocenters. The van der Waals surface area contributed by atoms with Crippen molar-refractivity contribution in [2.24, 2.45) is 5.92 Å². The number of benzene rings is 2. The summed E-state index contributed by atoms with van der Waals surface area (Å²) in [6.45, 7) is 0. The molecule has 23 heavy (non-hydrogen) atoms. The van der Waals surface area contributed by atoms with E-state index in [1.54, 1.807) is 0 Å². The second-order valence-corrected chi connectivity index (χ2v) is 5.92. The maximum absolute atomic E-state index is 3.48. The van der Waals surface area contributed by atoms with Gasteiger partial charge in [0.2, 0.25) is 0 Å². The zero-order valence-corrected chi connectivity index (χ0v) is 12.9. The Morgan fingerprint density at radius 2 is 1.22 bits per heavy atom. The van der Waals surface area contributed by atoms with Gasteiger partial charge in [-0.15, -0.1) is 0 Å². The maximum Gasteiger partial charge on any atom is 0.0698 e. The van der Waals surface area contributed by atoms with Gasteiger partial charge in [0.1, 0.15) is 0 Å².